The van der Waals surface area contributed by atoms with Crippen LogP contribution in [0.4, 0.5) is 11.6 Å². The van der Waals surface area contributed by atoms with E-state index < -0.39 is 0 Å². The quantitative estimate of drug-likeness (QED) is 0.536. The van der Waals surface area contributed by atoms with Crippen molar-refractivity contribution >= 4 is 11.6 Å². The van der Waals surface area contributed by atoms with Gasteiger partial charge in [0.2, 0.25) is 0 Å². The van der Waals surface area contributed by atoms with Crippen LogP contribution in [0.15, 0.2) is 0 Å². The predicted molar refractivity (Wildman–Crippen MR) is 80.6 cm³/mol. The molecule has 4 N–H and O–H groups in total. The van der Waals surface area contributed by atoms with Crippen molar-refractivity contribution in [1.82, 2.24) is 9.97 Å². The van der Waals surface area contributed by atoms with Gasteiger partial charge in [-0.05, 0) is 32.1 Å². The number of nitrogens with two attached hydrogens (primary N) is 1. The van der Waals surface area contributed by atoms with Crippen molar-refractivity contribution in [2.75, 3.05) is 23.9 Å². The Bertz CT molecular complexity index is 459. The smallest absolute Gasteiger partial charge is 0.148 e. The van der Waals surface area contributed by atoms with E-state index in [2.05, 4.69) is 27.2 Å². The van der Waals surface area contributed by atoms with Crippen molar-refractivity contribution in [3.63, 3.8) is 0 Å². The fourth-order valence-electron chi connectivity index (χ4n) is 2.72. The lowest BCUT2D eigenvalue weighted by atomic mass is 9.82. The van der Waals surface area contributed by atoms with Gasteiger partial charge in [-0.2, -0.15) is 0 Å². The van der Waals surface area contributed by atoms with Crippen LogP contribution < -0.4 is 16.2 Å². The Hall–Kier alpha value is -1.40. The molecule has 112 valence electrons. The predicted octanol–water partition coefficient (Wildman–Crippen LogP) is 1.23. The van der Waals surface area contributed by atoms with Gasteiger partial charge in [-0.3, -0.25) is 0 Å². The van der Waals surface area contributed by atoms with Crippen LogP contribution in [0, 0.1) is 12.8 Å². The van der Waals surface area contributed by atoms with Crippen LogP contribution in [0.3, 0.4) is 0 Å². The maximum Gasteiger partial charge on any atom is 0.148 e. The van der Waals surface area contributed by atoms with Gasteiger partial charge in [0.15, 0.2) is 0 Å². The van der Waals surface area contributed by atoms with Gasteiger partial charge >= 0.3 is 0 Å². The highest BCUT2D eigenvalue weighted by Gasteiger charge is 2.28. The lowest BCUT2D eigenvalue weighted by molar-refractivity contribution is 0.0464. The third-order valence-electron chi connectivity index (χ3n) is 3.88. The van der Waals surface area contributed by atoms with E-state index in [1.807, 2.05) is 14.0 Å². The van der Waals surface area contributed by atoms with E-state index in [1.165, 1.54) is 0 Å². The maximum absolute atomic E-state index is 9.38. The Labute approximate surface area is 120 Å². The number of nitrogens with zero attached hydrogens (tertiary/aromatic N) is 3. The monoisotopic (exact) mass is 279 g/mol. The van der Waals surface area contributed by atoms with E-state index in [1.54, 1.807) is 0 Å². The standard InChI is InChI=1S/C14H25N5O/c1-4-5-12-16-13(18-15)9(2)14(17-12)19(3)8-10-6-11(20)7-10/h10-11,20H,4-8,15H2,1-3H3,(H,16,17,18). The number of aliphatic hydroxyl groups excluding tert-OH is 1. The number of rotatable bonds is 6. The molecule has 20 heavy (non-hydrogen) atoms. The molecular formula is C14H25N5O. The fourth-order valence-corrected chi connectivity index (χ4v) is 2.72. The van der Waals surface area contributed by atoms with E-state index in [-0.39, 0.29) is 6.10 Å². The number of aliphatic hydroxyl groups is 1. The molecule has 1 aromatic rings. The molecule has 0 spiro atoms. The summed E-state index contributed by atoms with van der Waals surface area (Å²) in [6.45, 7) is 4.99. The molecule has 0 unspecified atom stereocenters. The molecule has 1 fully saturated rings. The zero-order valence-electron chi connectivity index (χ0n) is 12.6. The lowest BCUT2D eigenvalue weighted by Gasteiger charge is -2.35. The zero-order chi connectivity index (χ0) is 14.7. The van der Waals surface area contributed by atoms with Gasteiger partial charge in [-0.15, -0.1) is 0 Å². The second kappa shape index (κ2) is 6.37. The van der Waals surface area contributed by atoms with E-state index in [0.717, 1.165) is 49.4 Å². The number of anilines is 2. The zero-order valence-corrected chi connectivity index (χ0v) is 12.6. The van der Waals surface area contributed by atoms with Crippen molar-refractivity contribution < 1.29 is 5.11 Å². The second-order valence-corrected chi connectivity index (χ2v) is 5.70. The van der Waals surface area contributed by atoms with Crippen molar-refractivity contribution in [1.29, 1.82) is 0 Å². The van der Waals surface area contributed by atoms with Crippen molar-refractivity contribution in [3.05, 3.63) is 11.4 Å². The summed E-state index contributed by atoms with van der Waals surface area (Å²) in [5, 5.41) is 9.38. The Morgan fingerprint density at radius 1 is 1.40 bits per heavy atom. The van der Waals surface area contributed by atoms with Crippen LogP contribution >= 0.6 is 0 Å². The van der Waals surface area contributed by atoms with Gasteiger partial charge in [0.25, 0.3) is 0 Å². The topological polar surface area (TPSA) is 87.3 Å². The first-order valence-electron chi connectivity index (χ1n) is 7.28. The molecular weight excluding hydrogens is 254 g/mol. The number of hydrazine groups is 1. The van der Waals surface area contributed by atoms with Crippen LogP contribution in [0.1, 0.15) is 37.6 Å². The molecule has 0 aliphatic heterocycles. The first kappa shape index (κ1) is 15.0. The molecule has 1 heterocycles. The van der Waals surface area contributed by atoms with E-state index in [4.69, 9.17) is 5.84 Å². The third-order valence-corrected chi connectivity index (χ3v) is 3.88. The number of aryl methyl sites for hydroxylation is 1. The average Bonchev–Trinajstić information content (AvgIpc) is 2.39. The molecule has 1 aliphatic rings. The Balaban J connectivity index is 2.17. The third kappa shape index (κ3) is 3.19. The summed E-state index contributed by atoms with van der Waals surface area (Å²) < 4.78 is 0. The Morgan fingerprint density at radius 2 is 2.10 bits per heavy atom. The molecule has 0 aromatic carbocycles. The fraction of sp³-hybridized carbons (Fsp3) is 0.714. The normalized spacial score (nSPS) is 21.4. The van der Waals surface area contributed by atoms with E-state index in [0.29, 0.717) is 11.7 Å². The molecule has 0 amide bonds. The molecule has 1 aromatic heterocycles. The molecule has 2 rings (SSSR count). The minimum Gasteiger partial charge on any atom is -0.393 e. The summed E-state index contributed by atoms with van der Waals surface area (Å²) in [6.07, 6.45) is 3.51. The molecule has 0 bridgehead atoms. The summed E-state index contributed by atoms with van der Waals surface area (Å²) in [7, 11) is 2.04. The van der Waals surface area contributed by atoms with E-state index >= 15 is 0 Å². The summed E-state index contributed by atoms with van der Waals surface area (Å²) >= 11 is 0. The number of nitrogens with one attached hydrogen (secondary N) is 1. The van der Waals surface area contributed by atoms with Crippen LogP contribution in [-0.2, 0) is 6.42 Å². The minimum atomic E-state index is -0.114. The van der Waals surface area contributed by atoms with Gasteiger partial charge in [0.1, 0.15) is 17.5 Å². The molecule has 1 aliphatic carbocycles. The summed E-state index contributed by atoms with van der Waals surface area (Å²) in [5.41, 5.74) is 3.63. The highest BCUT2D eigenvalue weighted by molar-refractivity contribution is 5.57. The van der Waals surface area contributed by atoms with Crippen LogP contribution in [-0.4, -0.2) is 34.8 Å². The van der Waals surface area contributed by atoms with Crippen LogP contribution in [0.2, 0.25) is 0 Å². The highest BCUT2D eigenvalue weighted by Crippen LogP contribution is 2.30. The van der Waals surface area contributed by atoms with Gasteiger partial charge < -0.3 is 15.4 Å². The molecule has 6 heteroatoms. The highest BCUT2D eigenvalue weighted by atomic mass is 16.3. The number of hydrogen-bond donors (Lipinski definition) is 3. The first-order valence-corrected chi connectivity index (χ1v) is 7.28. The SMILES string of the molecule is CCCc1nc(NN)c(C)c(N(C)CC2CC(O)C2)n1. The van der Waals surface area contributed by atoms with Crippen molar-refractivity contribution in [2.45, 2.75) is 45.6 Å². The number of hydrogen-bond acceptors (Lipinski definition) is 6. The average molecular weight is 279 g/mol. The van der Waals surface area contributed by atoms with Gasteiger partial charge in [-0.1, -0.05) is 6.92 Å². The first-order chi connectivity index (χ1) is 9.55. The summed E-state index contributed by atoms with van der Waals surface area (Å²) in [4.78, 5) is 11.2. The molecule has 1 saturated carbocycles. The molecule has 0 saturated heterocycles. The second-order valence-electron chi connectivity index (χ2n) is 5.70. The van der Waals surface area contributed by atoms with Crippen molar-refractivity contribution in [2.24, 2.45) is 11.8 Å². The van der Waals surface area contributed by atoms with Gasteiger partial charge in [-0.25, -0.2) is 15.8 Å². The minimum absolute atomic E-state index is 0.114. The largest absolute Gasteiger partial charge is 0.393 e. The number of nitrogen functional groups attached to an aromatic ring is 1. The molecule has 6 nitrogen and oxygen atoms in total. The van der Waals surface area contributed by atoms with Crippen LogP contribution in [0.25, 0.3) is 0 Å². The summed E-state index contributed by atoms with van der Waals surface area (Å²) in [5.74, 6) is 8.54. The molecule has 0 atom stereocenters. The van der Waals surface area contributed by atoms with Crippen LogP contribution in [0.5, 0.6) is 0 Å². The lowest BCUT2D eigenvalue weighted by Crippen LogP contribution is -2.37. The Morgan fingerprint density at radius 3 is 2.65 bits per heavy atom. The van der Waals surface area contributed by atoms with Gasteiger partial charge in [0, 0.05) is 25.6 Å². The Kier molecular flexibility index (Phi) is 4.77. The van der Waals surface area contributed by atoms with Gasteiger partial charge in [0.05, 0.1) is 6.10 Å². The maximum atomic E-state index is 9.38. The summed E-state index contributed by atoms with van der Waals surface area (Å²) in [6, 6.07) is 0. The number of aromatic nitrogens is 2. The van der Waals surface area contributed by atoms with Crippen molar-refractivity contribution in [3.8, 4) is 0 Å². The molecule has 0 radical (unpaired) electrons. The van der Waals surface area contributed by atoms with E-state index in [9.17, 15) is 5.11 Å².